The van der Waals surface area contributed by atoms with Crippen LogP contribution in [0.3, 0.4) is 0 Å². The second kappa shape index (κ2) is 9.77. The zero-order chi connectivity index (χ0) is 22.7. The molecule has 3 aromatic rings. The molecule has 3 unspecified atom stereocenters. The van der Waals surface area contributed by atoms with E-state index >= 15 is 0 Å². The molecule has 1 aliphatic rings. The Morgan fingerprint density at radius 2 is 1.78 bits per heavy atom. The summed E-state index contributed by atoms with van der Waals surface area (Å²) in [5.41, 5.74) is 1.86. The smallest absolute Gasteiger partial charge is 0.235 e. The second-order valence-corrected chi connectivity index (χ2v) is 9.97. The van der Waals surface area contributed by atoms with Gasteiger partial charge in [-0.3, -0.25) is 9.36 Å². The Morgan fingerprint density at radius 1 is 1.06 bits per heavy atom. The van der Waals surface area contributed by atoms with Crippen molar-refractivity contribution in [3.8, 4) is 22.8 Å². The highest BCUT2D eigenvalue weighted by Gasteiger charge is 2.30. The monoisotopic (exact) mass is 450 g/mol. The van der Waals surface area contributed by atoms with Gasteiger partial charge in [-0.25, -0.2) is 0 Å². The normalized spacial score (nSPS) is 19.6. The summed E-state index contributed by atoms with van der Waals surface area (Å²) in [5, 5.41) is 9.43. The number of benzene rings is 2. The summed E-state index contributed by atoms with van der Waals surface area (Å²) in [6.07, 6.45) is 1.18. The van der Waals surface area contributed by atoms with E-state index in [1.54, 1.807) is 7.11 Å². The Labute approximate surface area is 194 Å². The molecule has 0 aliphatic carbocycles. The van der Waals surface area contributed by atoms with Crippen LogP contribution in [-0.2, 0) is 4.79 Å². The van der Waals surface area contributed by atoms with Crippen molar-refractivity contribution in [2.24, 2.45) is 11.8 Å². The molecule has 1 saturated heterocycles. The first kappa shape index (κ1) is 22.4. The molecule has 0 radical (unpaired) electrons. The van der Waals surface area contributed by atoms with Crippen LogP contribution in [-0.4, -0.2) is 51.0 Å². The molecule has 7 heteroatoms. The first-order valence-corrected chi connectivity index (χ1v) is 11.9. The number of carbonyl (C=O) groups is 1. The van der Waals surface area contributed by atoms with E-state index in [-0.39, 0.29) is 11.2 Å². The summed E-state index contributed by atoms with van der Waals surface area (Å²) in [6, 6.07) is 17.8. The summed E-state index contributed by atoms with van der Waals surface area (Å²) in [5.74, 6) is 2.72. The number of rotatable bonds is 6. The predicted molar refractivity (Wildman–Crippen MR) is 128 cm³/mol. The van der Waals surface area contributed by atoms with E-state index in [1.165, 1.54) is 18.2 Å². The summed E-state index contributed by atoms with van der Waals surface area (Å²) in [7, 11) is 1.65. The van der Waals surface area contributed by atoms with Crippen LogP contribution in [0.5, 0.6) is 5.75 Å². The average Bonchev–Trinajstić information content (AvgIpc) is 3.22. The lowest BCUT2D eigenvalue weighted by Gasteiger charge is -2.36. The Hall–Kier alpha value is -2.80. The maximum absolute atomic E-state index is 13.2. The Balaban J connectivity index is 1.65. The predicted octanol–water partition coefficient (Wildman–Crippen LogP) is 4.93. The summed E-state index contributed by atoms with van der Waals surface area (Å²) < 4.78 is 7.41. The highest BCUT2D eigenvalue weighted by atomic mass is 32.2. The number of ether oxygens (including phenoxy) is 1. The fraction of sp³-hybridized carbons (Fsp3) is 0.400. The van der Waals surface area contributed by atoms with Crippen molar-refractivity contribution in [1.29, 1.82) is 0 Å². The molecule has 0 saturated carbocycles. The van der Waals surface area contributed by atoms with Crippen molar-refractivity contribution in [2.75, 3.05) is 20.2 Å². The third-order valence-electron chi connectivity index (χ3n) is 5.79. The van der Waals surface area contributed by atoms with Crippen LogP contribution >= 0.6 is 11.8 Å². The molecule has 1 aliphatic heterocycles. The third kappa shape index (κ3) is 4.83. The van der Waals surface area contributed by atoms with Crippen molar-refractivity contribution in [2.45, 2.75) is 37.6 Å². The molecular formula is C25H30N4O2S. The van der Waals surface area contributed by atoms with Crippen LogP contribution in [0, 0.1) is 11.8 Å². The zero-order valence-electron chi connectivity index (χ0n) is 19.1. The van der Waals surface area contributed by atoms with Gasteiger partial charge in [-0.2, -0.15) is 0 Å². The van der Waals surface area contributed by atoms with E-state index in [2.05, 4.69) is 24.0 Å². The van der Waals surface area contributed by atoms with Gasteiger partial charge < -0.3 is 9.64 Å². The van der Waals surface area contributed by atoms with Crippen molar-refractivity contribution in [1.82, 2.24) is 19.7 Å². The second-order valence-electron chi connectivity index (χ2n) is 8.66. The van der Waals surface area contributed by atoms with E-state index in [1.807, 2.05) is 71.0 Å². The molecule has 1 aromatic heterocycles. The maximum Gasteiger partial charge on any atom is 0.235 e. The Morgan fingerprint density at radius 3 is 2.47 bits per heavy atom. The van der Waals surface area contributed by atoms with Crippen LogP contribution in [0.1, 0.15) is 27.2 Å². The first-order valence-electron chi connectivity index (χ1n) is 11.1. The van der Waals surface area contributed by atoms with Gasteiger partial charge in [-0.1, -0.05) is 55.9 Å². The van der Waals surface area contributed by atoms with Gasteiger partial charge in [-0.15, -0.1) is 10.2 Å². The van der Waals surface area contributed by atoms with Crippen LogP contribution in [0.25, 0.3) is 17.1 Å². The molecule has 3 atom stereocenters. The molecule has 32 heavy (non-hydrogen) atoms. The number of nitrogens with zero attached hydrogens (tertiary/aromatic N) is 4. The Kier molecular flexibility index (Phi) is 6.84. The fourth-order valence-corrected chi connectivity index (χ4v) is 5.37. The van der Waals surface area contributed by atoms with E-state index in [0.29, 0.717) is 17.0 Å². The molecule has 2 aromatic carbocycles. The third-order valence-corrected chi connectivity index (χ3v) is 6.82. The molecule has 0 bridgehead atoms. The molecule has 4 rings (SSSR count). The maximum atomic E-state index is 13.2. The highest BCUT2D eigenvalue weighted by Crippen LogP contribution is 2.32. The van der Waals surface area contributed by atoms with Crippen molar-refractivity contribution < 1.29 is 9.53 Å². The molecular weight excluding hydrogens is 420 g/mol. The molecule has 1 amide bonds. The molecule has 2 heterocycles. The number of methoxy groups -OCH3 is 1. The van der Waals surface area contributed by atoms with Gasteiger partial charge in [0.05, 0.1) is 12.4 Å². The van der Waals surface area contributed by atoms with E-state index in [4.69, 9.17) is 4.74 Å². The van der Waals surface area contributed by atoms with Crippen molar-refractivity contribution >= 4 is 17.7 Å². The number of likely N-dealkylation sites (tertiary alicyclic amines) is 1. The van der Waals surface area contributed by atoms with Crippen LogP contribution in [0.2, 0.25) is 0 Å². The van der Waals surface area contributed by atoms with Crippen LogP contribution in [0.4, 0.5) is 0 Å². The van der Waals surface area contributed by atoms with Crippen LogP contribution in [0.15, 0.2) is 59.8 Å². The first-order chi connectivity index (χ1) is 15.5. The van der Waals surface area contributed by atoms with Gasteiger partial charge in [0, 0.05) is 24.3 Å². The minimum atomic E-state index is -0.252. The number of hydrogen-bond donors (Lipinski definition) is 0. The van der Waals surface area contributed by atoms with Gasteiger partial charge >= 0.3 is 0 Å². The van der Waals surface area contributed by atoms with Gasteiger partial charge in [0.1, 0.15) is 5.75 Å². The number of amides is 1. The minimum Gasteiger partial charge on any atom is -0.497 e. The number of hydrogen-bond acceptors (Lipinski definition) is 5. The number of para-hydroxylation sites is 1. The van der Waals surface area contributed by atoms with Gasteiger partial charge in [0.15, 0.2) is 11.0 Å². The minimum absolute atomic E-state index is 0.166. The number of piperidine rings is 1. The number of thioether (sulfide) groups is 1. The number of aromatic nitrogens is 3. The average molecular weight is 451 g/mol. The largest absolute Gasteiger partial charge is 0.497 e. The lowest BCUT2D eigenvalue weighted by molar-refractivity contribution is -0.132. The van der Waals surface area contributed by atoms with E-state index in [0.717, 1.165) is 35.9 Å². The van der Waals surface area contributed by atoms with Gasteiger partial charge in [0.2, 0.25) is 5.91 Å². The quantitative estimate of drug-likeness (QED) is 0.499. The van der Waals surface area contributed by atoms with E-state index in [9.17, 15) is 4.79 Å². The standard InChI is InChI=1S/C25H30N4O2S/c1-17-13-18(2)16-28(15-17)24(30)19(3)32-25-27-26-23(20-9-8-12-22(14-20)31-4)29(25)21-10-6-5-7-11-21/h5-12,14,17-19H,13,15-16H2,1-4H3. The molecule has 6 nitrogen and oxygen atoms in total. The summed E-state index contributed by atoms with van der Waals surface area (Å²) >= 11 is 1.46. The molecule has 1 fully saturated rings. The fourth-order valence-electron chi connectivity index (χ4n) is 4.41. The van der Waals surface area contributed by atoms with Gasteiger partial charge in [0.25, 0.3) is 0 Å². The lowest BCUT2D eigenvalue weighted by atomic mass is 9.92. The lowest BCUT2D eigenvalue weighted by Crippen LogP contribution is -2.45. The van der Waals surface area contributed by atoms with Gasteiger partial charge in [-0.05, 0) is 49.4 Å². The topological polar surface area (TPSA) is 60.3 Å². The molecule has 168 valence electrons. The summed E-state index contributed by atoms with van der Waals surface area (Å²) in [4.78, 5) is 15.2. The number of carbonyl (C=O) groups excluding carboxylic acids is 1. The van der Waals surface area contributed by atoms with Crippen molar-refractivity contribution in [3.05, 3.63) is 54.6 Å². The SMILES string of the molecule is COc1cccc(-c2nnc(SC(C)C(=O)N3CC(C)CC(C)C3)n2-c2ccccc2)c1. The molecule has 0 N–H and O–H groups in total. The summed E-state index contributed by atoms with van der Waals surface area (Å²) in [6.45, 7) is 8.07. The zero-order valence-corrected chi connectivity index (χ0v) is 19.9. The Bertz CT molecular complexity index is 1060. The highest BCUT2D eigenvalue weighted by molar-refractivity contribution is 8.00. The van der Waals surface area contributed by atoms with Crippen molar-refractivity contribution in [3.63, 3.8) is 0 Å². The van der Waals surface area contributed by atoms with E-state index < -0.39 is 0 Å². The van der Waals surface area contributed by atoms with Crippen LogP contribution < -0.4 is 4.74 Å². The molecule has 0 spiro atoms.